The third-order valence-corrected chi connectivity index (χ3v) is 1.75. The highest BCUT2D eigenvalue weighted by Crippen LogP contribution is 2.34. The van der Waals surface area contributed by atoms with Crippen molar-refractivity contribution in [1.82, 2.24) is 4.90 Å². The summed E-state index contributed by atoms with van der Waals surface area (Å²) in [5.74, 6) is -1.43. The van der Waals surface area contributed by atoms with Crippen molar-refractivity contribution in [3.63, 3.8) is 0 Å². The first kappa shape index (κ1) is 11.9. The molecular formula is C4H11N4O4P. The number of nitrogens with zero attached hydrogens (tertiary/aromatic N) is 1. The Morgan fingerprint density at radius 3 is 2.15 bits per heavy atom. The molecule has 0 aromatic carbocycles. The zero-order valence-corrected chi connectivity index (χ0v) is 7.57. The lowest BCUT2D eigenvalue weighted by molar-refractivity contribution is -0.118. The SMILES string of the molecule is N=C(N)N(CC(N)=O)CP(=O)(O)O. The fourth-order valence-electron chi connectivity index (χ4n) is 0.622. The van der Waals surface area contributed by atoms with Crippen molar-refractivity contribution in [1.29, 1.82) is 5.41 Å². The van der Waals surface area contributed by atoms with E-state index in [1.807, 2.05) is 0 Å². The highest BCUT2D eigenvalue weighted by molar-refractivity contribution is 7.51. The second-order valence-electron chi connectivity index (χ2n) is 2.36. The Labute approximate surface area is 74.2 Å². The fraction of sp³-hybridized carbons (Fsp3) is 0.500. The molecule has 0 bridgehead atoms. The number of primary amides is 1. The molecule has 0 radical (unpaired) electrons. The normalized spacial score (nSPS) is 10.9. The van der Waals surface area contributed by atoms with Gasteiger partial charge in [0.05, 0.1) is 0 Å². The van der Waals surface area contributed by atoms with Gasteiger partial charge < -0.3 is 26.2 Å². The van der Waals surface area contributed by atoms with Gasteiger partial charge >= 0.3 is 7.60 Å². The number of guanidine groups is 1. The Morgan fingerprint density at radius 1 is 1.46 bits per heavy atom. The maximum absolute atomic E-state index is 10.5. The van der Waals surface area contributed by atoms with Gasteiger partial charge in [-0.25, -0.2) is 0 Å². The number of nitrogens with two attached hydrogens (primary N) is 2. The maximum atomic E-state index is 10.5. The number of nitrogens with one attached hydrogen (secondary N) is 1. The fourth-order valence-corrected chi connectivity index (χ4v) is 1.32. The first-order valence-electron chi connectivity index (χ1n) is 3.14. The number of hydrogen-bond acceptors (Lipinski definition) is 3. The largest absolute Gasteiger partial charge is 0.370 e. The topological polar surface area (TPSA) is 154 Å². The van der Waals surface area contributed by atoms with E-state index in [4.69, 9.17) is 26.7 Å². The van der Waals surface area contributed by atoms with Crippen molar-refractivity contribution < 1.29 is 19.1 Å². The molecule has 0 atom stereocenters. The number of carbonyl (C=O) groups is 1. The summed E-state index contributed by atoms with van der Waals surface area (Å²) in [5.41, 5.74) is 9.71. The smallest absolute Gasteiger partial charge is 0.344 e. The van der Waals surface area contributed by atoms with E-state index in [1.54, 1.807) is 0 Å². The quantitative estimate of drug-likeness (QED) is 0.201. The molecule has 13 heavy (non-hydrogen) atoms. The standard InChI is InChI=1S/C4H11N4O4P/c5-3(9)1-8(4(6)7)2-13(10,11)12/h1-2H2,(H2,5,9)(H3,6,7)(H2,10,11,12). The lowest BCUT2D eigenvalue weighted by Crippen LogP contribution is -2.42. The van der Waals surface area contributed by atoms with Gasteiger partial charge in [-0.1, -0.05) is 0 Å². The van der Waals surface area contributed by atoms with Crippen LogP contribution < -0.4 is 11.5 Å². The second kappa shape index (κ2) is 4.22. The summed E-state index contributed by atoms with van der Waals surface area (Å²) in [6, 6.07) is 0. The zero-order valence-electron chi connectivity index (χ0n) is 6.67. The van der Waals surface area contributed by atoms with Gasteiger partial charge in [-0.05, 0) is 0 Å². The monoisotopic (exact) mass is 210 g/mol. The number of carbonyl (C=O) groups excluding carboxylic acids is 1. The molecule has 0 fully saturated rings. The Morgan fingerprint density at radius 2 is 1.92 bits per heavy atom. The molecule has 0 spiro atoms. The molecule has 0 aliphatic heterocycles. The van der Waals surface area contributed by atoms with Crippen LogP contribution in [0.1, 0.15) is 0 Å². The third kappa shape index (κ3) is 6.09. The van der Waals surface area contributed by atoms with E-state index in [1.165, 1.54) is 0 Å². The van der Waals surface area contributed by atoms with Crippen LogP contribution in [-0.4, -0.2) is 39.4 Å². The molecule has 0 aromatic rings. The molecule has 0 aromatic heterocycles. The summed E-state index contributed by atoms with van der Waals surface area (Å²) in [4.78, 5) is 28.1. The number of hydrogen-bond donors (Lipinski definition) is 5. The zero-order chi connectivity index (χ0) is 10.6. The molecular weight excluding hydrogens is 199 g/mol. The summed E-state index contributed by atoms with van der Waals surface area (Å²) < 4.78 is 10.5. The highest BCUT2D eigenvalue weighted by atomic mass is 31.2. The summed E-state index contributed by atoms with van der Waals surface area (Å²) in [7, 11) is -4.33. The molecule has 76 valence electrons. The van der Waals surface area contributed by atoms with Crippen LogP contribution >= 0.6 is 7.60 Å². The van der Waals surface area contributed by atoms with Crippen LogP contribution in [0.3, 0.4) is 0 Å². The van der Waals surface area contributed by atoms with Crippen LogP contribution in [0.5, 0.6) is 0 Å². The molecule has 0 aliphatic rings. The van der Waals surface area contributed by atoms with E-state index in [2.05, 4.69) is 0 Å². The average Bonchev–Trinajstić information content (AvgIpc) is 1.81. The van der Waals surface area contributed by atoms with Gasteiger partial charge in [-0.3, -0.25) is 14.8 Å². The molecule has 0 unspecified atom stereocenters. The first-order valence-corrected chi connectivity index (χ1v) is 4.94. The van der Waals surface area contributed by atoms with Crippen molar-refractivity contribution in [2.24, 2.45) is 11.5 Å². The summed E-state index contributed by atoms with van der Waals surface area (Å²) >= 11 is 0. The van der Waals surface area contributed by atoms with Gasteiger partial charge in [0, 0.05) is 0 Å². The Kier molecular flexibility index (Phi) is 3.86. The predicted octanol–water partition coefficient (Wildman–Crippen LogP) is -2.20. The molecule has 1 amide bonds. The first-order chi connectivity index (χ1) is 5.72. The van der Waals surface area contributed by atoms with Crippen molar-refractivity contribution in [2.45, 2.75) is 0 Å². The molecule has 0 aliphatic carbocycles. The van der Waals surface area contributed by atoms with Gasteiger partial charge in [0.2, 0.25) is 5.91 Å². The van der Waals surface area contributed by atoms with E-state index in [0.29, 0.717) is 4.90 Å². The van der Waals surface area contributed by atoms with Gasteiger partial charge in [0.1, 0.15) is 12.8 Å². The second-order valence-corrected chi connectivity index (χ2v) is 3.97. The van der Waals surface area contributed by atoms with Gasteiger partial charge in [0.25, 0.3) is 0 Å². The number of rotatable bonds is 4. The molecule has 8 nitrogen and oxygen atoms in total. The van der Waals surface area contributed by atoms with Gasteiger partial charge in [-0.2, -0.15) is 0 Å². The molecule has 0 saturated carbocycles. The summed E-state index contributed by atoms with van der Waals surface area (Å²) in [6.07, 6.45) is -0.786. The van der Waals surface area contributed by atoms with Crippen LogP contribution in [0.25, 0.3) is 0 Å². The molecule has 0 rings (SSSR count). The van der Waals surface area contributed by atoms with E-state index >= 15 is 0 Å². The van der Waals surface area contributed by atoms with Gasteiger partial charge in [-0.15, -0.1) is 0 Å². The number of amides is 1. The Bertz CT molecular complexity index is 261. The molecule has 0 saturated heterocycles. The average molecular weight is 210 g/mol. The lowest BCUT2D eigenvalue weighted by Gasteiger charge is -2.20. The maximum Gasteiger partial charge on any atom is 0.344 e. The summed E-state index contributed by atoms with van der Waals surface area (Å²) in [5, 5.41) is 6.88. The predicted molar refractivity (Wildman–Crippen MR) is 44.7 cm³/mol. The minimum Gasteiger partial charge on any atom is -0.370 e. The molecule has 7 N–H and O–H groups in total. The van der Waals surface area contributed by atoms with Crippen molar-refractivity contribution in [3.8, 4) is 0 Å². The van der Waals surface area contributed by atoms with Crippen molar-refractivity contribution in [2.75, 3.05) is 12.8 Å². The third-order valence-electron chi connectivity index (χ3n) is 1.04. The van der Waals surface area contributed by atoms with Crippen LogP contribution in [0.4, 0.5) is 0 Å². The molecule has 0 heterocycles. The highest BCUT2D eigenvalue weighted by Gasteiger charge is 2.21. The van der Waals surface area contributed by atoms with E-state index in [-0.39, 0.29) is 0 Å². The van der Waals surface area contributed by atoms with Crippen LogP contribution in [0.15, 0.2) is 0 Å². The van der Waals surface area contributed by atoms with Crippen LogP contribution in [0.2, 0.25) is 0 Å². The minimum atomic E-state index is -4.33. The molecule has 9 heteroatoms. The van der Waals surface area contributed by atoms with Crippen LogP contribution in [0, 0.1) is 5.41 Å². The lowest BCUT2D eigenvalue weighted by atomic mass is 10.5. The van der Waals surface area contributed by atoms with Crippen molar-refractivity contribution >= 4 is 19.5 Å². The Hall–Kier alpha value is -1.11. The van der Waals surface area contributed by atoms with E-state index < -0.39 is 32.3 Å². The summed E-state index contributed by atoms with van der Waals surface area (Å²) in [6.45, 7) is -0.486. The van der Waals surface area contributed by atoms with Crippen LogP contribution in [-0.2, 0) is 9.36 Å². The van der Waals surface area contributed by atoms with Gasteiger partial charge in [0.15, 0.2) is 5.96 Å². The van der Waals surface area contributed by atoms with E-state index in [9.17, 15) is 9.36 Å². The van der Waals surface area contributed by atoms with Crippen molar-refractivity contribution in [3.05, 3.63) is 0 Å². The minimum absolute atomic E-state index is 0.486. The van der Waals surface area contributed by atoms with E-state index in [0.717, 1.165) is 0 Å². The Balaban J connectivity index is 4.36.